The maximum atomic E-state index is 12.1. The molecule has 7 heteroatoms. The summed E-state index contributed by atoms with van der Waals surface area (Å²) in [5, 5.41) is 11.1. The van der Waals surface area contributed by atoms with Crippen molar-refractivity contribution in [3.8, 4) is 11.5 Å². The number of amides is 1. The van der Waals surface area contributed by atoms with Crippen LogP contribution < -0.4 is 9.47 Å². The Hall–Kier alpha value is -2.57. The summed E-state index contributed by atoms with van der Waals surface area (Å²) < 4.78 is 10.4. The van der Waals surface area contributed by atoms with Gasteiger partial charge in [0.05, 0.1) is 16.6 Å². The van der Waals surface area contributed by atoms with Gasteiger partial charge in [-0.2, -0.15) is 0 Å². The minimum absolute atomic E-state index is 0.0480. The van der Waals surface area contributed by atoms with Gasteiger partial charge >= 0.3 is 0 Å². The van der Waals surface area contributed by atoms with E-state index in [9.17, 15) is 14.9 Å². The number of rotatable bonds is 3. The van der Waals surface area contributed by atoms with Gasteiger partial charge in [0, 0.05) is 19.2 Å². The minimum Gasteiger partial charge on any atom is -0.454 e. The summed E-state index contributed by atoms with van der Waals surface area (Å²) in [5.41, 5.74) is 0.228. The number of piperidine rings is 1. The highest BCUT2D eigenvalue weighted by Gasteiger charge is 2.22. The van der Waals surface area contributed by atoms with Crippen LogP contribution in [0.3, 0.4) is 0 Å². The number of carbonyl (C=O) groups excluding carboxylic acids is 1. The van der Waals surface area contributed by atoms with Crippen molar-refractivity contribution < 1.29 is 19.2 Å². The molecule has 0 aliphatic carbocycles. The Morgan fingerprint density at radius 2 is 1.86 bits per heavy atom. The van der Waals surface area contributed by atoms with Crippen molar-refractivity contribution >= 4 is 17.7 Å². The molecule has 0 spiro atoms. The van der Waals surface area contributed by atoms with Gasteiger partial charge in [0.15, 0.2) is 11.5 Å². The van der Waals surface area contributed by atoms with Crippen LogP contribution in [-0.2, 0) is 4.79 Å². The zero-order chi connectivity index (χ0) is 15.5. The van der Waals surface area contributed by atoms with E-state index >= 15 is 0 Å². The molecule has 2 aliphatic heterocycles. The normalized spacial score (nSPS) is 17.0. The first-order valence-electron chi connectivity index (χ1n) is 7.20. The fourth-order valence-electron chi connectivity index (χ4n) is 2.62. The van der Waals surface area contributed by atoms with E-state index in [1.54, 1.807) is 4.90 Å². The van der Waals surface area contributed by atoms with E-state index in [2.05, 4.69) is 0 Å². The van der Waals surface area contributed by atoms with Crippen molar-refractivity contribution in [3.63, 3.8) is 0 Å². The van der Waals surface area contributed by atoms with Gasteiger partial charge in [0.2, 0.25) is 12.7 Å². The molecule has 116 valence electrons. The molecule has 2 aliphatic rings. The first-order chi connectivity index (χ1) is 10.6. The van der Waals surface area contributed by atoms with Crippen LogP contribution in [0.1, 0.15) is 24.8 Å². The van der Waals surface area contributed by atoms with Crippen LogP contribution in [0.15, 0.2) is 18.2 Å². The lowest BCUT2D eigenvalue weighted by atomic mass is 10.1. The van der Waals surface area contributed by atoms with Gasteiger partial charge in [-0.15, -0.1) is 0 Å². The van der Waals surface area contributed by atoms with Crippen LogP contribution >= 0.6 is 0 Å². The lowest BCUT2D eigenvalue weighted by Crippen LogP contribution is -2.34. The van der Waals surface area contributed by atoms with E-state index < -0.39 is 4.92 Å². The van der Waals surface area contributed by atoms with Gasteiger partial charge in [-0.25, -0.2) is 0 Å². The van der Waals surface area contributed by atoms with Crippen LogP contribution in [0.5, 0.6) is 11.5 Å². The van der Waals surface area contributed by atoms with Crippen molar-refractivity contribution in [2.75, 3.05) is 19.9 Å². The minimum atomic E-state index is -0.493. The number of benzene rings is 1. The van der Waals surface area contributed by atoms with E-state index in [4.69, 9.17) is 9.47 Å². The van der Waals surface area contributed by atoms with Crippen molar-refractivity contribution in [3.05, 3.63) is 33.9 Å². The predicted molar refractivity (Wildman–Crippen MR) is 78.7 cm³/mol. The topological polar surface area (TPSA) is 81.9 Å². The predicted octanol–water partition coefficient (Wildman–Crippen LogP) is 2.35. The molecule has 0 saturated carbocycles. The maximum Gasteiger partial charge on any atom is 0.280 e. The van der Waals surface area contributed by atoms with Crippen LogP contribution in [0, 0.1) is 10.1 Å². The molecule has 2 heterocycles. The summed E-state index contributed by atoms with van der Waals surface area (Å²) in [4.78, 5) is 24.5. The molecule has 0 N–H and O–H groups in total. The Kier molecular flexibility index (Phi) is 3.95. The van der Waals surface area contributed by atoms with Gasteiger partial charge in [-0.1, -0.05) is 0 Å². The second-order valence-corrected chi connectivity index (χ2v) is 5.24. The summed E-state index contributed by atoms with van der Waals surface area (Å²) in [6, 6.07) is 2.85. The zero-order valence-corrected chi connectivity index (χ0v) is 12.0. The van der Waals surface area contributed by atoms with Gasteiger partial charge in [-0.3, -0.25) is 14.9 Å². The number of likely N-dealkylation sites (tertiary alicyclic amines) is 1. The van der Waals surface area contributed by atoms with Crippen molar-refractivity contribution in [1.29, 1.82) is 0 Å². The van der Waals surface area contributed by atoms with E-state index in [1.165, 1.54) is 24.3 Å². The molecule has 3 rings (SSSR count). The lowest BCUT2D eigenvalue weighted by molar-refractivity contribution is -0.385. The summed E-state index contributed by atoms with van der Waals surface area (Å²) >= 11 is 0. The molecule has 1 saturated heterocycles. The maximum absolute atomic E-state index is 12.1. The number of ether oxygens (including phenoxy) is 2. The molecule has 0 atom stereocenters. The first kappa shape index (κ1) is 14.4. The highest BCUT2D eigenvalue weighted by molar-refractivity contribution is 5.92. The third-order valence-corrected chi connectivity index (χ3v) is 3.79. The number of fused-ring (bicyclic) bond motifs is 1. The quantitative estimate of drug-likeness (QED) is 0.486. The molecule has 1 amide bonds. The number of nitro benzene ring substituents is 1. The van der Waals surface area contributed by atoms with Crippen LogP contribution in [-0.4, -0.2) is 35.6 Å². The monoisotopic (exact) mass is 304 g/mol. The van der Waals surface area contributed by atoms with Crippen molar-refractivity contribution in [1.82, 2.24) is 4.90 Å². The third kappa shape index (κ3) is 2.88. The molecule has 0 aromatic heterocycles. The van der Waals surface area contributed by atoms with Gasteiger partial charge in [0.25, 0.3) is 5.69 Å². The summed E-state index contributed by atoms with van der Waals surface area (Å²) in [5.74, 6) is 0.688. The molecule has 1 aromatic rings. The molecule has 0 unspecified atom stereocenters. The number of carbonyl (C=O) groups is 1. The molecule has 0 radical (unpaired) electrons. The summed E-state index contributed by atoms with van der Waals surface area (Å²) in [6.07, 6.45) is 6.00. The number of nitrogens with zero attached hydrogens (tertiary/aromatic N) is 2. The molecule has 1 aromatic carbocycles. The largest absolute Gasteiger partial charge is 0.454 e. The average Bonchev–Trinajstić information content (AvgIpc) is 2.99. The lowest BCUT2D eigenvalue weighted by Gasteiger charge is -2.25. The van der Waals surface area contributed by atoms with Gasteiger partial charge < -0.3 is 14.4 Å². The Bertz CT molecular complexity index is 635. The first-order valence-corrected chi connectivity index (χ1v) is 7.20. The SMILES string of the molecule is O=C(/C=C/c1cc2c(cc1[N+](=O)[O-])OCO2)N1CCCCC1. The Labute approximate surface area is 127 Å². The van der Waals surface area contributed by atoms with E-state index in [1.807, 2.05) is 0 Å². The standard InChI is InChI=1S/C15H16N2O5/c18-15(16-6-2-1-3-7-16)5-4-11-8-13-14(22-10-21-13)9-12(11)17(19)20/h4-5,8-9H,1-3,6-7,10H2/b5-4+. The Balaban J connectivity index is 1.83. The van der Waals surface area contributed by atoms with Crippen molar-refractivity contribution in [2.24, 2.45) is 0 Å². The number of hydrogen-bond acceptors (Lipinski definition) is 5. The highest BCUT2D eigenvalue weighted by atomic mass is 16.7. The molecular formula is C15H16N2O5. The van der Waals surface area contributed by atoms with Gasteiger partial charge in [0.1, 0.15) is 0 Å². The van der Waals surface area contributed by atoms with Crippen LogP contribution in [0.25, 0.3) is 6.08 Å². The molecular weight excluding hydrogens is 288 g/mol. The molecule has 0 bridgehead atoms. The van der Waals surface area contributed by atoms with Crippen LogP contribution in [0.2, 0.25) is 0 Å². The number of hydrogen-bond donors (Lipinski definition) is 0. The van der Waals surface area contributed by atoms with E-state index in [-0.39, 0.29) is 18.4 Å². The van der Waals surface area contributed by atoms with Crippen LogP contribution in [0.4, 0.5) is 5.69 Å². The molecule has 7 nitrogen and oxygen atoms in total. The average molecular weight is 304 g/mol. The summed E-state index contributed by atoms with van der Waals surface area (Å²) in [7, 11) is 0. The Morgan fingerprint density at radius 3 is 2.55 bits per heavy atom. The van der Waals surface area contributed by atoms with E-state index in [0.29, 0.717) is 17.1 Å². The zero-order valence-electron chi connectivity index (χ0n) is 12.0. The highest BCUT2D eigenvalue weighted by Crippen LogP contribution is 2.38. The van der Waals surface area contributed by atoms with Crippen molar-refractivity contribution in [2.45, 2.75) is 19.3 Å². The fraction of sp³-hybridized carbons (Fsp3) is 0.400. The smallest absolute Gasteiger partial charge is 0.280 e. The second kappa shape index (κ2) is 6.05. The Morgan fingerprint density at radius 1 is 1.18 bits per heavy atom. The third-order valence-electron chi connectivity index (χ3n) is 3.79. The number of nitro groups is 1. The van der Waals surface area contributed by atoms with Gasteiger partial charge in [-0.05, 0) is 31.4 Å². The molecule has 1 fully saturated rings. The summed E-state index contributed by atoms with van der Waals surface area (Å²) in [6.45, 7) is 1.53. The van der Waals surface area contributed by atoms with E-state index in [0.717, 1.165) is 32.4 Å². The molecule has 22 heavy (non-hydrogen) atoms. The second-order valence-electron chi connectivity index (χ2n) is 5.24. The fourth-order valence-corrected chi connectivity index (χ4v) is 2.62.